The van der Waals surface area contributed by atoms with Gasteiger partial charge in [0.15, 0.2) is 0 Å². The first kappa shape index (κ1) is 28.4. The molecule has 42 heavy (non-hydrogen) atoms. The first-order chi connectivity index (χ1) is 20.3. The van der Waals surface area contributed by atoms with Gasteiger partial charge in [0.1, 0.15) is 5.82 Å². The smallest absolute Gasteiger partial charge is 0.273 e. The quantitative estimate of drug-likeness (QED) is 0.147. The standard InChI is InChI=1S/C34H32N4O4/c1-4-30(32-35-29-16-9-8-15-28(29)34(40)37(32)27-14-10-11-23(2)21-27)36(20-19-25-12-6-5-7-13-25)33(39)26-18-17-24(3)31(22-26)38(41)42/h5-18,21-22,30H,4,19-20H2,1-3H3. The fraction of sp³-hybridized carbons (Fsp3) is 0.206. The largest absolute Gasteiger partial charge is 0.328 e. The molecule has 0 radical (unpaired) electrons. The summed E-state index contributed by atoms with van der Waals surface area (Å²) in [6, 6.07) is 28.6. The van der Waals surface area contributed by atoms with Gasteiger partial charge in [0.05, 0.1) is 27.6 Å². The third kappa shape index (κ3) is 5.69. The van der Waals surface area contributed by atoms with E-state index >= 15 is 0 Å². The summed E-state index contributed by atoms with van der Waals surface area (Å²) in [6.45, 7) is 5.88. The lowest BCUT2D eigenvalue weighted by molar-refractivity contribution is -0.385. The normalized spacial score (nSPS) is 11.8. The number of amides is 1. The fourth-order valence-electron chi connectivity index (χ4n) is 5.33. The molecule has 212 valence electrons. The van der Waals surface area contributed by atoms with Crippen molar-refractivity contribution >= 4 is 22.5 Å². The lowest BCUT2D eigenvalue weighted by Gasteiger charge is -2.32. The summed E-state index contributed by atoms with van der Waals surface area (Å²) >= 11 is 0. The van der Waals surface area contributed by atoms with E-state index in [1.807, 2.05) is 80.6 Å². The van der Waals surface area contributed by atoms with Gasteiger partial charge in [-0.25, -0.2) is 4.98 Å². The Labute approximate surface area is 244 Å². The molecule has 0 N–H and O–H groups in total. The van der Waals surface area contributed by atoms with Crippen LogP contribution >= 0.6 is 0 Å². The van der Waals surface area contributed by atoms with E-state index in [0.29, 0.717) is 47.4 Å². The lowest BCUT2D eigenvalue weighted by atomic mass is 10.0. The van der Waals surface area contributed by atoms with Gasteiger partial charge >= 0.3 is 0 Å². The van der Waals surface area contributed by atoms with Crippen LogP contribution in [-0.2, 0) is 6.42 Å². The Morgan fingerprint density at radius 2 is 1.69 bits per heavy atom. The van der Waals surface area contributed by atoms with Crippen LogP contribution in [0.4, 0.5) is 5.69 Å². The maximum absolute atomic E-state index is 14.3. The first-order valence-corrected chi connectivity index (χ1v) is 14.0. The molecule has 1 unspecified atom stereocenters. The van der Waals surface area contributed by atoms with Crippen molar-refractivity contribution in [2.75, 3.05) is 6.54 Å². The van der Waals surface area contributed by atoms with Gasteiger partial charge in [-0.15, -0.1) is 0 Å². The molecular formula is C34H32N4O4. The molecule has 1 amide bonds. The van der Waals surface area contributed by atoms with E-state index in [-0.39, 0.29) is 22.7 Å². The number of carbonyl (C=O) groups excluding carboxylic acids is 1. The van der Waals surface area contributed by atoms with Gasteiger partial charge in [0.25, 0.3) is 17.2 Å². The summed E-state index contributed by atoms with van der Waals surface area (Å²) in [6.07, 6.45) is 1.02. The first-order valence-electron chi connectivity index (χ1n) is 14.0. The van der Waals surface area contributed by atoms with Crippen molar-refractivity contribution in [1.82, 2.24) is 14.5 Å². The van der Waals surface area contributed by atoms with Crippen molar-refractivity contribution in [3.8, 4) is 5.69 Å². The summed E-state index contributed by atoms with van der Waals surface area (Å²) < 4.78 is 1.60. The average Bonchev–Trinajstić information content (AvgIpc) is 2.99. The highest BCUT2D eigenvalue weighted by Crippen LogP contribution is 2.29. The molecule has 0 fully saturated rings. The number of nitro benzene ring substituents is 1. The second-order valence-electron chi connectivity index (χ2n) is 10.4. The molecule has 5 rings (SSSR count). The maximum Gasteiger partial charge on any atom is 0.273 e. The zero-order chi connectivity index (χ0) is 29.8. The van der Waals surface area contributed by atoms with Gasteiger partial charge < -0.3 is 4.90 Å². The monoisotopic (exact) mass is 560 g/mol. The SMILES string of the molecule is CCC(c1nc2ccccc2c(=O)n1-c1cccc(C)c1)N(CCc1ccccc1)C(=O)c1ccc(C)c([N+](=O)[O-])c1. The van der Waals surface area contributed by atoms with Crippen LogP contribution in [0.15, 0.2) is 102 Å². The van der Waals surface area contributed by atoms with Crippen LogP contribution in [0.25, 0.3) is 16.6 Å². The van der Waals surface area contributed by atoms with Crippen molar-refractivity contribution in [1.29, 1.82) is 0 Å². The Morgan fingerprint density at radius 3 is 2.40 bits per heavy atom. The molecule has 0 bridgehead atoms. The molecule has 0 aliphatic rings. The third-order valence-corrected chi connectivity index (χ3v) is 7.52. The van der Waals surface area contributed by atoms with Gasteiger partial charge in [-0.3, -0.25) is 24.3 Å². The Morgan fingerprint density at radius 1 is 0.952 bits per heavy atom. The van der Waals surface area contributed by atoms with E-state index in [1.165, 1.54) is 6.07 Å². The molecular weight excluding hydrogens is 528 g/mol. The molecule has 1 atom stereocenters. The van der Waals surface area contributed by atoms with Crippen LogP contribution in [-0.4, -0.2) is 31.8 Å². The Kier molecular flexibility index (Phi) is 8.24. The minimum Gasteiger partial charge on any atom is -0.328 e. The van der Waals surface area contributed by atoms with Crippen molar-refractivity contribution in [3.05, 3.63) is 146 Å². The van der Waals surface area contributed by atoms with Crippen molar-refractivity contribution in [2.45, 2.75) is 39.7 Å². The fourth-order valence-corrected chi connectivity index (χ4v) is 5.33. The van der Waals surface area contributed by atoms with E-state index < -0.39 is 11.0 Å². The van der Waals surface area contributed by atoms with E-state index in [0.717, 1.165) is 11.1 Å². The zero-order valence-corrected chi connectivity index (χ0v) is 23.9. The molecule has 8 nitrogen and oxygen atoms in total. The van der Waals surface area contributed by atoms with Gasteiger partial charge in [-0.05, 0) is 68.1 Å². The predicted octanol–water partition coefficient (Wildman–Crippen LogP) is 6.75. The minimum atomic E-state index is -0.598. The second-order valence-corrected chi connectivity index (χ2v) is 10.4. The number of fused-ring (bicyclic) bond motifs is 1. The summed E-state index contributed by atoms with van der Waals surface area (Å²) in [5.41, 5.74) is 3.58. The lowest BCUT2D eigenvalue weighted by Crippen LogP contribution is -2.39. The average molecular weight is 561 g/mol. The topological polar surface area (TPSA) is 98.3 Å². The highest BCUT2D eigenvalue weighted by molar-refractivity contribution is 5.95. The zero-order valence-electron chi connectivity index (χ0n) is 23.9. The number of carbonyl (C=O) groups is 1. The third-order valence-electron chi connectivity index (χ3n) is 7.52. The molecule has 1 heterocycles. The van der Waals surface area contributed by atoms with Crippen LogP contribution in [0.5, 0.6) is 0 Å². The van der Waals surface area contributed by atoms with Crippen molar-refractivity contribution in [2.24, 2.45) is 0 Å². The molecule has 4 aromatic carbocycles. The molecule has 0 aliphatic heterocycles. The number of aromatic nitrogens is 2. The Hall–Kier alpha value is -5.11. The van der Waals surface area contributed by atoms with Gasteiger partial charge in [0.2, 0.25) is 0 Å². The minimum absolute atomic E-state index is 0.114. The number of hydrogen-bond acceptors (Lipinski definition) is 5. The highest BCUT2D eigenvalue weighted by Gasteiger charge is 2.30. The van der Waals surface area contributed by atoms with Crippen LogP contribution < -0.4 is 5.56 Å². The maximum atomic E-state index is 14.3. The number of benzene rings is 4. The van der Waals surface area contributed by atoms with Crippen LogP contribution in [0, 0.1) is 24.0 Å². The van der Waals surface area contributed by atoms with Crippen LogP contribution in [0.3, 0.4) is 0 Å². The highest BCUT2D eigenvalue weighted by atomic mass is 16.6. The van der Waals surface area contributed by atoms with Crippen molar-refractivity contribution < 1.29 is 9.72 Å². The molecule has 0 aliphatic carbocycles. The predicted molar refractivity (Wildman–Crippen MR) is 164 cm³/mol. The van der Waals surface area contributed by atoms with E-state index in [1.54, 1.807) is 40.7 Å². The van der Waals surface area contributed by atoms with Gasteiger partial charge in [-0.1, -0.05) is 67.6 Å². The molecule has 0 spiro atoms. The number of para-hydroxylation sites is 1. The van der Waals surface area contributed by atoms with E-state index in [4.69, 9.17) is 4.98 Å². The van der Waals surface area contributed by atoms with E-state index in [2.05, 4.69) is 0 Å². The second kappa shape index (κ2) is 12.2. The van der Waals surface area contributed by atoms with Crippen LogP contribution in [0.1, 0.15) is 52.3 Å². The molecule has 0 saturated heterocycles. The number of aryl methyl sites for hydroxylation is 2. The Bertz CT molecular complexity index is 1830. The van der Waals surface area contributed by atoms with Crippen LogP contribution in [0.2, 0.25) is 0 Å². The summed E-state index contributed by atoms with van der Waals surface area (Å²) in [7, 11) is 0. The summed E-state index contributed by atoms with van der Waals surface area (Å²) in [5, 5.41) is 12.2. The van der Waals surface area contributed by atoms with E-state index in [9.17, 15) is 19.7 Å². The number of nitro groups is 1. The summed E-state index contributed by atoms with van der Waals surface area (Å²) in [4.78, 5) is 46.2. The van der Waals surface area contributed by atoms with Gasteiger partial charge in [0, 0.05) is 23.7 Å². The van der Waals surface area contributed by atoms with Gasteiger partial charge in [-0.2, -0.15) is 0 Å². The number of rotatable bonds is 9. The summed E-state index contributed by atoms with van der Waals surface area (Å²) in [5.74, 6) is 0.0777. The molecule has 1 aromatic heterocycles. The number of hydrogen-bond donors (Lipinski definition) is 0. The molecule has 0 saturated carbocycles. The Balaban J connectivity index is 1.70. The van der Waals surface area contributed by atoms with Crippen molar-refractivity contribution in [3.63, 3.8) is 0 Å². The number of nitrogens with zero attached hydrogens (tertiary/aromatic N) is 4. The molecule has 5 aromatic rings. The molecule has 8 heteroatoms.